The van der Waals surface area contributed by atoms with Crippen LogP contribution in [0.3, 0.4) is 0 Å². The van der Waals surface area contributed by atoms with Gasteiger partial charge < -0.3 is 4.52 Å². The van der Waals surface area contributed by atoms with Gasteiger partial charge in [0.25, 0.3) is 0 Å². The van der Waals surface area contributed by atoms with Gasteiger partial charge in [-0.2, -0.15) is 4.98 Å². The lowest BCUT2D eigenvalue weighted by Gasteiger charge is -2.09. The third-order valence-corrected chi connectivity index (χ3v) is 4.06. The van der Waals surface area contributed by atoms with Crippen molar-refractivity contribution in [3.63, 3.8) is 0 Å². The number of benzene rings is 1. The van der Waals surface area contributed by atoms with E-state index in [0.717, 1.165) is 5.75 Å². The maximum atomic E-state index is 5.19. The molecule has 0 aliphatic heterocycles. The SMILES string of the molecule is Cc1ccc(C)c(CSC(C)c2nc(C)no2)c1. The van der Waals surface area contributed by atoms with Gasteiger partial charge in [0.05, 0.1) is 5.25 Å². The third kappa shape index (κ3) is 3.13. The molecule has 0 N–H and O–H groups in total. The van der Waals surface area contributed by atoms with Crippen molar-refractivity contribution in [2.45, 2.75) is 38.7 Å². The van der Waals surface area contributed by atoms with Crippen LogP contribution in [0.15, 0.2) is 22.7 Å². The molecule has 0 fully saturated rings. The summed E-state index contributed by atoms with van der Waals surface area (Å²) in [5.41, 5.74) is 4.02. The molecule has 2 aromatic rings. The van der Waals surface area contributed by atoms with Crippen molar-refractivity contribution in [2.24, 2.45) is 0 Å². The Morgan fingerprint density at radius 3 is 2.72 bits per heavy atom. The second-order valence-electron chi connectivity index (χ2n) is 4.56. The maximum absolute atomic E-state index is 5.19. The normalized spacial score (nSPS) is 12.7. The van der Waals surface area contributed by atoms with E-state index in [2.05, 4.69) is 49.1 Å². The fourth-order valence-corrected chi connectivity index (χ4v) is 2.70. The number of thioether (sulfide) groups is 1. The Balaban J connectivity index is 2.01. The highest BCUT2D eigenvalue weighted by molar-refractivity contribution is 7.98. The lowest BCUT2D eigenvalue weighted by atomic mass is 10.1. The smallest absolute Gasteiger partial charge is 0.239 e. The fraction of sp³-hybridized carbons (Fsp3) is 0.429. The van der Waals surface area contributed by atoms with Gasteiger partial charge in [0, 0.05) is 5.75 Å². The maximum Gasteiger partial charge on any atom is 0.239 e. The molecule has 96 valence electrons. The summed E-state index contributed by atoms with van der Waals surface area (Å²) in [4.78, 5) is 4.26. The van der Waals surface area contributed by atoms with Crippen molar-refractivity contribution >= 4 is 11.8 Å². The van der Waals surface area contributed by atoms with E-state index in [-0.39, 0.29) is 5.25 Å². The quantitative estimate of drug-likeness (QED) is 0.835. The van der Waals surface area contributed by atoms with E-state index in [1.807, 2.05) is 18.7 Å². The summed E-state index contributed by atoms with van der Waals surface area (Å²) in [7, 11) is 0. The van der Waals surface area contributed by atoms with E-state index in [0.29, 0.717) is 11.7 Å². The molecular formula is C14H18N2OS. The van der Waals surface area contributed by atoms with Gasteiger partial charge in [-0.05, 0) is 38.8 Å². The molecule has 0 aliphatic rings. The Labute approximate surface area is 112 Å². The zero-order valence-electron chi connectivity index (χ0n) is 11.2. The van der Waals surface area contributed by atoms with Crippen molar-refractivity contribution in [3.05, 3.63) is 46.6 Å². The molecule has 0 bridgehead atoms. The molecule has 1 unspecified atom stereocenters. The number of hydrogen-bond donors (Lipinski definition) is 0. The first kappa shape index (κ1) is 13.1. The molecule has 1 aromatic heterocycles. The predicted molar refractivity (Wildman–Crippen MR) is 74.7 cm³/mol. The lowest BCUT2D eigenvalue weighted by molar-refractivity contribution is 0.376. The average Bonchev–Trinajstić information content (AvgIpc) is 2.77. The number of hydrogen-bond acceptors (Lipinski definition) is 4. The molecule has 18 heavy (non-hydrogen) atoms. The van der Waals surface area contributed by atoms with E-state index >= 15 is 0 Å². The van der Waals surface area contributed by atoms with Crippen molar-refractivity contribution < 1.29 is 4.52 Å². The van der Waals surface area contributed by atoms with Gasteiger partial charge in [-0.25, -0.2) is 0 Å². The van der Waals surface area contributed by atoms with Crippen LogP contribution in [0.2, 0.25) is 0 Å². The summed E-state index contributed by atoms with van der Waals surface area (Å²) in [6.45, 7) is 8.22. The highest BCUT2D eigenvalue weighted by Crippen LogP contribution is 2.30. The Hall–Kier alpha value is -1.29. The predicted octanol–water partition coefficient (Wildman–Crippen LogP) is 3.99. The Morgan fingerprint density at radius 2 is 2.06 bits per heavy atom. The summed E-state index contributed by atoms with van der Waals surface area (Å²) in [6.07, 6.45) is 0. The van der Waals surface area contributed by atoms with Gasteiger partial charge in [0.15, 0.2) is 5.82 Å². The minimum atomic E-state index is 0.228. The van der Waals surface area contributed by atoms with E-state index in [9.17, 15) is 0 Å². The first-order valence-corrected chi connectivity index (χ1v) is 7.09. The van der Waals surface area contributed by atoms with Gasteiger partial charge in [0.2, 0.25) is 5.89 Å². The molecular weight excluding hydrogens is 244 g/mol. The molecule has 0 saturated heterocycles. The molecule has 0 spiro atoms. The second kappa shape index (κ2) is 5.57. The fourth-order valence-electron chi connectivity index (χ4n) is 1.72. The zero-order valence-corrected chi connectivity index (χ0v) is 12.0. The van der Waals surface area contributed by atoms with Crippen molar-refractivity contribution in [3.8, 4) is 0 Å². The van der Waals surface area contributed by atoms with Crippen LogP contribution in [0.4, 0.5) is 0 Å². The van der Waals surface area contributed by atoms with Gasteiger partial charge >= 0.3 is 0 Å². The van der Waals surface area contributed by atoms with Crippen molar-refractivity contribution in [1.82, 2.24) is 10.1 Å². The van der Waals surface area contributed by atoms with Crippen LogP contribution < -0.4 is 0 Å². The summed E-state index contributed by atoms with van der Waals surface area (Å²) in [5.74, 6) is 2.38. The topological polar surface area (TPSA) is 38.9 Å². The van der Waals surface area contributed by atoms with Crippen LogP contribution in [-0.2, 0) is 5.75 Å². The highest BCUT2D eigenvalue weighted by atomic mass is 32.2. The first-order chi connectivity index (χ1) is 8.56. The van der Waals surface area contributed by atoms with E-state index in [1.165, 1.54) is 16.7 Å². The molecule has 2 rings (SSSR count). The zero-order chi connectivity index (χ0) is 13.1. The standard InChI is InChI=1S/C14H18N2OS/c1-9-5-6-10(2)13(7-9)8-18-11(3)14-15-12(4)16-17-14/h5-7,11H,8H2,1-4H3. The molecule has 1 heterocycles. The summed E-state index contributed by atoms with van der Waals surface area (Å²) in [5, 5.41) is 4.05. The molecule has 1 atom stereocenters. The number of aryl methyl sites for hydroxylation is 3. The Kier molecular flexibility index (Phi) is 4.07. The van der Waals surface area contributed by atoms with E-state index in [4.69, 9.17) is 4.52 Å². The van der Waals surface area contributed by atoms with Crippen LogP contribution in [0.5, 0.6) is 0 Å². The molecule has 0 radical (unpaired) electrons. The van der Waals surface area contributed by atoms with E-state index in [1.54, 1.807) is 0 Å². The highest BCUT2D eigenvalue weighted by Gasteiger charge is 2.13. The van der Waals surface area contributed by atoms with Crippen molar-refractivity contribution in [1.29, 1.82) is 0 Å². The minimum absolute atomic E-state index is 0.228. The number of nitrogens with zero attached hydrogens (tertiary/aromatic N) is 2. The monoisotopic (exact) mass is 262 g/mol. The molecule has 3 nitrogen and oxygen atoms in total. The van der Waals surface area contributed by atoms with E-state index < -0.39 is 0 Å². The van der Waals surface area contributed by atoms with Crippen LogP contribution in [0.25, 0.3) is 0 Å². The molecule has 0 aliphatic carbocycles. The minimum Gasteiger partial charge on any atom is -0.338 e. The molecule has 0 saturated carbocycles. The van der Waals surface area contributed by atoms with Crippen LogP contribution in [0, 0.1) is 20.8 Å². The van der Waals surface area contributed by atoms with Crippen LogP contribution in [-0.4, -0.2) is 10.1 Å². The third-order valence-electron chi connectivity index (χ3n) is 2.88. The van der Waals surface area contributed by atoms with Gasteiger partial charge in [-0.1, -0.05) is 28.9 Å². The largest absolute Gasteiger partial charge is 0.338 e. The summed E-state index contributed by atoms with van der Waals surface area (Å²) < 4.78 is 5.19. The Morgan fingerprint density at radius 1 is 1.28 bits per heavy atom. The molecule has 1 aromatic carbocycles. The molecule has 0 amide bonds. The van der Waals surface area contributed by atoms with Gasteiger partial charge in [-0.15, -0.1) is 11.8 Å². The Bertz CT molecular complexity index is 536. The first-order valence-electron chi connectivity index (χ1n) is 6.04. The van der Waals surface area contributed by atoms with Gasteiger partial charge in [-0.3, -0.25) is 0 Å². The number of aromatic nitrogens is 2. The number of rotatable bonds is 4. The van der Waals surface area contributed by atoms with Gasteiger partial charge in [0.1, 0.15) is 0 Å². The average molecular weight is 262 g/mol. The second-order valence-corrected chi connectivity index (χ2v) is 5.89. The van der Waals surface area contributed by atoms with Crippen LogP contribution in [0.1, 0.15) is 40.6 Å². The summed E-state index contributed by atoms with van der Waals surface area (Å²) in [6, 6.07) is 6.56. The lowest BCUT2D eigenvalue weighted by Crippen LogP contribution is -1.93. The molecule has 4 heteroatoms. The van der Waals surface area contributed by atoms with Crippen molar-refractivity contribution in [2.75, 3.05) is 0 Å². The summed E-state index contributed by atoms with van der Waals surface area (Å²) >= 11 is 1.82. The van der Waals surface area contributed by atoms with Crippen LogP contribution >= 0.6 is 11.8 Å².